The van der Waals surface area contributed by atoms with Gasteiger partial charge in [0.2, 0.25) is 5.91 Å². The number of benzene rings is 2. The molecular formula is C24H24N4O. The minimum absolute atomic E-state index is 0.0641. The van der Waals surface area contributed by atoms with E-state index in [1.54, 1.807) is 6.07 Å². The van der Waals surface area contributed by atoms with Crippen LogP contribution in [0.3, 0.4) is 0 Å². The van der Waals surface area contributed by atoms with E-state index in [2.05, 4.69) is 37.1 Å². The molecule has 4 aromatic rings. The van der Waals surface area contributed by atoms with Crippen LogP contribution < -0.4 is 5.73 Å². The molecule has 5 heteroatoms. The molecule has 0 aliphatic carbocycles. The van der Waals surface area contributed by atoms with Crippen molar-refractivity contribution in [2.75, 3.05) is 0 Å². The minimum atomic E-state index is -0.401. The van der Waals surface area contributed by atoms with Gasteiger partial charge < -0.3 is 5.73 Å². The molecule has 0 aliphatic heterocycles. The average Bonchev–Trinajstić information content (AvgIpc) is 3.22. The Kier molecular flexibility index (Phi) is 4.89. The van der Waals surface area contributed by atoms with E-state index in [0.717, 1.165) is 45.5 Å². The number of carbonyl (C=O) groups excluding carboxylic acids is 1. The number of aryl methyl sites for hydroxylation is 1. The van der Waals surface area contributed by atoms with Crippen LogP contribution >= 0.6 is 0 Å². The summed E-state index contributed by atoms with van der Waals surface area (Å²) in [7, 11) is 0. The number of primary amides is 1. The lowest BCUT2D eigenvalue weighted by Crippen LogP contribution is -2.14. The first-order chi connectivity index (χ1) is 14.0. The Bertz CT molecular complexity index is 1210. The van der Waals surface area contributed by atoms with Gasteiger partial charge >= 0.3 is 0 Å². The molecular weight excluding hydrogens is 360 g/mol. The molecule has 5 nitrogen and oxygen atoms in total. The summed E-state index contributed by atoms with van der Waals surface area (Å²) >= 11 is 0. The van der Waals surface area contributed by atoms with Gasteiger partial charge in [-0.15, -0.1) is 0 Å². The molecule has 146 valence electrons. The van der Waals surface area contributed by atoms with E-state index >= 15 is 0 Å². The summed E-state index contributed by atoms with van der Waals surface area (Å²) in [5, 5.41) is 5.73. The summed E-state index contributed by atoms with van der Waals surface area (Å²) in [4.78, 5) is 16.7. The molecule has 2 aromatic carbocycles. The van der Waals surface area contributed by atoms with E-state index in [0.29, 0.717) is 5.56 Å². The van der Waals surface area contributed by atoms with E-state index in [9.17, 15) is 4.79 Å². The molecule has 2 N–H and O–H groups in total. The van der Waals surface area contributed by atoms with Crippen LogP contribution in [0.2, 0.25) is 0 Å². The number of pyridine rings is 1. The number of amides is 1. The first kappa shape index (κ1) is 18.9. The van der Waals surface area contributed by atoms with Crippen LogP contribution in [0.1, 0.15) is 46.8 Å². The molecule has 2 aromatic heterocycles. The fourth-order valence-corrected chi connectivity index (χ4v) is 3.92. The molecule has 0 saturated carbocycles. The number of nitrogens with zero attached hydrogens (tertiary/aromatic N) is 3. The zero-order valence-corrected chi connectivity index (χ0v) is 16.9. The third-order valence-electron chi connectivity index (χ3n) is 5.55. The maximum atomic E-state index is 11.8. The Labute approximate surface area is 170 Å². The predicted molar refractivity (Wildman–Crippen MR) is 116 cm³/mol. The van der Waals surface area contributed by atoms with E-state index in [1.165, 1.54) is 0 Å². The van der Waals surface area contributed by atoms with Crippen molar-refractivity contribution in [3.05, 3.63) is 83.0 Å². The summed E-state index contributed by atoms with van der Waals surface area (Å²) in [6.45, 7) is 6.99. The molecule has 29 heavy (non-hydrogen) atoms. The second-order valence-electron chi connectivity index (χ2n) is 7.28. The molecule has 0 spiro atoms. The quantitative estimate of drug-likeness (QED) is 0.543. The van der Waals surface area contributed by atoms with Crippen molar-refractivity contribution in [2.45, 2.75) is 33.2 Å². The molecule has 0 aliphatic rings. The first-order valence-corrected chi connectivity index (χ1v) is 9.82. The van der Waals surface area contributed by atoms with Crippen molar-refractivity contribution in [3.8, 4) is 11.4 Å². The highest BCUT2D eigenvalue weighted by Crippen LogP contribution is 2.34. The highest BCUT2D eigenvalue weighted by Gasteiger charge is 2.19. The molecule has 2 heterocycles. The number of carbonyl (C=O) groups is 1. The van der Waals surface area contributed by atoms with E-state index in [-0.39, 0.29) is 5.92 Å². The summed E-state index contributed by atoms with van der Waals surface area (Å²) in [5.74, 6) is -0.337. The first-order valence-electron chi connectivity index (χ1n) is 9.82. The molecule has 4 rings (SSSR count). The van der Waals surface area contributed by atoms with Crippen molar-refractivity contribution in [1.82, 2.24) is 14.8 Å². The monoisotopic (exact) mass is 384 g/mol. The maximum absolute atomic E-state index is 11.8. The van der Waals surface area contributed by atoms with Gasteiger partial charge in [0.25, 0.3) is 0 Å². The molecule has 1 atom stereocenters. The fraction of sp³-hybridized carbons (Fsp3) is 0.208. The van der Waals surface area contributed by atoms with Crippen LogP contribution in [0, 0.1) is 6.92 Å². The van der Waals surface area contributed by atoms with Gasteiger partial charge in [-0.25, -0.2) is 4.98 Å². The van der Waals surface area contributed by atoms with Gasteiger partial charge in [-0.2, -0.15) is 5.10 Å². The van der Waals surface area contributed by atoms with Gasteiger partial charge in [0, 0.05) is 29.6 Å². The summed E-state index contributed by atoms with van der Waals surface area (Å²) in [5.41, 5.74) is 11.9. The van der Waals surface area contributed by atoms with Crippen LogP contribution in [0.4, 0.5) is 0 Å². The predicted octanol–water partition coefficient (Wildman–Crippen LogP) is 4.68. The zero-order valence-electron chi connectivity index (χ0n) is 16.9. The van der Waals surface area contributed by atoms with E-state index in [1.807, 2.05) is 48.1 Å². The third-order valence-corrected chi connectivity index (χ3v) is 5.55. The van der Waals surface area contributed by atoms with Crippen LogP contribution in [-0.4, -0.2) is 20.7 Å². The van der Waals surface area contributed by atoms with Crippen molar-refractivity contribution in [1.29, 1.82) is 0 Å². The standard InChI is InChI=1S/C24H24N4O/c1-4-28-13-12-22(27-28)23-14-20(19-8-5-6-11-21(19)26-23)16(3)17-9-7-10-18(15(17)2)24(25)29/h5-14,16H,4H2,1-3H3,(H2,25,29)/t16-/m1/s1. The van der Waals surface area contributed by atoms with Crippen molar-refractivity contribution in [3.63, 3.8) is 0 Å². The second-order valence-corrected chi connectivity index (χ2v) is 7.28. The Hall–Kier alpha value is -3.47. The van der Waals surface area contributed by atoms with Crippen molar-refractivity contribution < 1.29 is 4.79 Å². The number of hydrogen-bond donors (Lipinski definition) is 1. The summed E-state index contributed by atoms with van der Waals surface area (Å²) in [6.07, 6.45) is 1.97. The minimum Gasteiger partial charge on any atom is -0.366 e. The van der Waals surface area contributed by atoms with Crippen molar-refractivity contribution in [2.24, 2.45) is 5.73 Å². The number of nitrogens with two attached hydrogens (primary N) is 1. The lowest BCUT2D eigenvalue weighted by molar-refractivity contribution is 0.0999. The smallest absolute Gasteiger partial charge is 0.248 e. The lowest BCUT2D eigenvalue weighted by atomic mass is 9.86. The van der Waals surface area contributed by atoms with Gasteiger partial charge in [0.15, 0.2) is 0 Å². The van der Waals surface area contributed by atoms with Crippen molar-refractivity contribution >= 4 is 16.8 Å². The molecule has 1 amide bonds. The zero-order chi connectivity index (χ0) is 20.5. The van der Waals surface area contributed by atoms with Gasteiger partial charge in [-0.1, -0.05) is 37.3 Å². The van der Waals surface area contributed by atoms with E-state index in [4.69, 9.17) is 10.7 Å². The van der Waals surface area contributed by atoms with Crippen LogP contribution in [-0.2, 0) is 6.54 Å². The fourth-order valence-electron chi connectivity index (χ4n) is 3.92. The Morgan fingerprint density at radius 3 is 2.59 bits per heavy atom. The number of para-hydroxylation sites is 1. The number of fused-ring (bicyclic) bond motifs is 1. The Morgan fingerprint density at radius 1 is 1.07 bits per heavy atom. The molecule has 0 unspecified atom stereocenters. The van der Waals surface area contributed by atoms with E-state index < -0.39 is 5.91 Å². The summed E-state index contributed by atoms with van der Waals surface area (Å²) < 4.78 is 1.90. The Morgan fingerprint density at radius 2 is 1.86 bits per heavy atom. The average molecular weight is 384 g/mol. The highest BCUT2D eigenvalue weighted by molar-refractivity contribution is 5.94. The molecule has 0 bridgehead atoms. The highest BCUT2D eigenvalue weighted by atomic mass is 16.1. The Balaban J connectivity index is 1.91. The van der Waals surface area contributed by atoms with Gasteiger partial charge in [0.05, 0.1) is 11.2 Å². The van der Waals surface area contributed by atoms with Crippen LogP contribution in [0.15, 0.2) is 60.8 Å². The molecule has 0 radical (unpaired) electrons. The SMILES string of the molecule is CCn1ccc(-c2cc([C@H](C)c3cccc(C(N)=O)c3C)c3ccccc3n2)n1. The van der Waals surface area contributed by atoms with Crippen LogP contribution in [0.25, 0.3) is 22.3 Å². The molecule has 0 saturated heterocycles. The summed E-state index contributed by atoms with van der Waals surface area (Å²) in [6, 6.07) is 18.0. The number of rotatable bonds is 5. The van der Waals surface area contributed by atoms with Crippen LogP contribution in [0.5, 0.6) is 0 Å². The number of aromatic nitrogens is 3. The largest absolute Gasteiger partial charge is 0.366 e. The third kappa shape index (κ3) is 3.40. The molecule has 0 fully saturated rings. The van der Waals surface area contributed by atoms with Gasteiger partial charge in [0.1, 0.15) is 5.69 Å². The maximum Gasteiger partial charge on any atom is 0.248 e. The number of hydrogen-bond acceptors (Lipinski definition) is 3. The second kappa shape index (κ2) is 7.51. The topological polar surface area (TPSA) is 73.8 Å². The lowest BCUT2D eigenvalue weighted by Gasteiger charge is -2.19. The van der Waals surface area contributed by atoms with Gasteiger partial charge in [-0.05, 0) is 54.8 Å². The van der Waals surface area contributed by atoms with Gasteiger partial charge in [-0.3, -0.25) is 9.48 Å². The normalized spacial score (nSPS) is 12.2.